The van der Waals surface area contributed by atoms with Crippen molar-refractivity contribution in [3.05, 3.63) is 56.7 Å². The third kappa shape index (κ3) is 3.74. The number of Topliss-reactive ketones (excluding diaryl/α,β-unsaturated/α-hetero) is 1. The van der Waals surface area contributed by atoms with E-state index in [-0.39, 0.29) is 17.2 Å². The highest BCUT2D eigenvalue weighted by atomic mass is 127. The average molecular weight is 492 g/mol. The maximum Gasteiger partial charge on any atom is 0.205 e. The van der Waals surface area contributed by atoms with E-state index in [1.807, 2.05) is 19.1 Å². The second-order valence-corrected chi connectivity index (χ2v) is 7.56. The third-order valence-electron chi connectivity index (χ3n) is 4.62. The van der Waals surface area contributed by atoms with Gasteiger partial charge in [-0.3, -0.25) is 4.79 Å². The van der Waals surface area contributed by atoms with Gasteiger partial charge in [-0.2, -0.15) is 5.26 Å². The predicted octanol–water partition coefficient (Wildman–Crippen LogP) is 4.07. The van der Waals surface area contributed by atoms with Crippen LogP contribution >= 0.6 is 22.6 Å². The zero-order chi connectivity index (χ0) is 20.3. The molecule has 2 aliphatic rings. The number of benzene rings is 1. The molecule has 0 saturated heterocycles. The van der Waals surface area contributed by atoms with Crippen LogP contribution in [0.25, 0.3) is 0 Å². The fraction of sp³-hybridized carbons (Fsp3) is 0.333. The van der Waals surface area contributed by atoms with Crippen molar-refractivity contribution in [3.8, 4) is 17.6 Å². The van der Waals surface area contributed by atoms with E-state index >= 15 is 0 Å². The molecule has 2 N–H and O–H groups in total. The SMILES string of the molecule is C=CCOc1c(I)cc([C@H]2C(C#N)=C(N)OC3=C2C(=O)CCC3)cc1OCC. The summed E-state index contributed by atoms with van der Waals surface area (Å²) in [5.41, 5.74) is 7.54. The quantitative estimate of drug-likeness (QED) is 0.476. The molecule has 28 heavy (non-hydrogen) atoms. The molecule has 1 aliphatic heterocycles. The van der Waals surface area contributed by atoms with Crippen LogP contribution in [-0.2, 0) is 9.53 Å². The highest BCUT2D eigenvalue weighted by Crippen LogP contribution is 2.46. The normalized spacial score (nSPS) is 18.9. The van der Waals surface area contributed by atoms with E-state index in [0.717, 1.165) is 15.6 Å². The average Bonchev–Trinajstić information content (AvgIpc) is 2.66. The van der Waals surface area contributed by atoms with E-state index in [2.05, 4.69) is 35.2 Å². The van der Waals surface area contributed by atoms with E-state index in [0.29, 0.717) is 48.9 Å². The van der Waals surface area contributed by atoms with Crippen molar-refractivity contribution in [2.24, 2.45) is 5.73 Å². The molecule has 0 radical (unpaired) electrons. The maximum absolute atomic E-state index is 12.7. The number of carbonyl (C=O) groups excluding carboxylic acids is 1. The summed E-state index contributed by atoms with van der Waals surface area (Å²) in [6, 6.07) is 5.85. The van der Waals surface area contributed by atoms with Gasteiger partial charge in [-0.15, -0.1) is 0 Å². The molecule has 0 unspecified atom stereocenters. The van der Waals surface area contributed by atoms with Gasteiger partial charge in [-0.25, -0.2) is 0 Å². The standard InChI is InChI=1S/C21H21IN2O4/c1-3-8-27-20-14(22)9-12(10-17(20)26-4-2)18-13(11-23)21(24)28-16-7-5-6-15(25)19(16)18/h3,9-10,18H,1,4-8,24H2,2H3/t18-/m0/s1. The largest absolute Gasteiger partial charge is 0.490 e. The van der Waals surface area contributed by atoms with Crippen LogP contribution in [0.2, 0.25) is 0 Å². The predicted molar refractivity (Wildman–Crippen MR) is 113 cm³/mol. The van der Waals surface area contributed by atoms with Crippen LogP contribution < -0.4 is 15.2 Å². The first kappa shape index (κ1) is 20.3. The number of nitriles is 1. The summed E-state index contributed by atoms with van der Waals surface area (Å²) >= 11 is 2.16. The van der Waals surface area contributed by atoms with Gasteiger partial charge in [-0.1, -0.05) is 12.7 Å². The lowest BCUT2D eigenvalue weighted by Gasteiger charge is -2.31. The summed E-state index contributed by atoms with van der Waals surface area (Å²) in [6.07, 6.45) is 3.45. The van der Waals surface area contributed by atoms with Gasteiger partial charge in [0.05, 0.1) is 16.1 Å². The van der Waals surface area contributed by atoms with Crippen LogP contribution in [0, 0.1) is 14.9 Å². The van der Waals surface area contributed by atoms with Crippen LogP contribution in [0.1, 0.15) is 37.7 Å². The molecule has 1 aromatic carbocycles. The number of allylic oxidation sites excluding steroid dienone is 3. The van der Waals surface area contributed by atoms with E-state index in [9.17, 15) is 10.1 Å². The van der Waals surface area contributed by atoms with Crippen molar-refractivity contribution in [3.63, 3.8) is 0 Å². The van der Waals surface area contributed by atoms with Crippen LogP contribution in [0.4, 0.5) is 0 Å². The van der Waals surface area contributed by atoms with Crippen LogP contribution in [0.15, 0.2) is 47.6 Å². The number of ketones is 1. The van der Waals surface area contributed by atoms with Crippen molar-refractivity contribution in [1.29, 1.82) is 5.26 Å². The minimum Gasteiger partial charge on any atom is -0.490 e. The molecule has 7 heteroatoms. The van der Waals surface area contributed by atoms with Gasteiger partial charge in [0, 0.05) is 18.4 Å². The van der Waals surface area contributed by atoms with E-state index in [1.165, 1.54) is 0 Å². The number of ether oxygens (including phenoxy) is 3. The molecule has 0 amide bonds. The Kier molecular flexibility index (Phi) is 6.29. The van der Waals surface area contributed by atoms with E-state index in [4.69, 9.17) is 19.9 Å². The van der Waals surface area contributed by atoms with Gasteiger partial charge in [0.1, 0.15) is 24.0 Å². The Hall–Kier alpha value is -2.47. The molecule has 1 atom stereocenters. The Morgan fingerprint density at radius 3 is 2.89 bits per heavy atom. The van der Waals surface area contributed by atoms with Gasteiger partial charge >= 0.3 is 0 Å². The second-order valence-electron chi connectivity index (χ2n) is 6.40. The molecule has 3 rings (SSSR count). The molecule has 0 spiro atoms. The Morgan fingerprint density at radius 1 is 1.43 bits per heavy atom. The van der Waals surface area contributed by atoms with Gasteiger partial charge < -0.3 is 19.9 Å². The van der Waals surface area contributed by atoms with Crippen molar-refractivity contribution < 1.29 is 19.0 Å². The molecule has 146 valence electrons. The highest BCUT2D eigenvalue weighted by Gasteiger charge is 2.38. The van der Waals surface area contributed by atoms with Gasteiger partial charge in [0.15, 0.2) is 17.3 Å². The van der Waals surface area contributed by atoms with E-state index < -0.39 is 5.92 Å². The summed E-state index contributed by atoms with van der Waals surface area (Å²) in [4.78, 5) is 12.7. The first-order valence-corrected chi connectivity index (χ1v) is 10.1. The summed E-state index contributed by atoms with van der Waals surface area (Å²) in [5.74, 6) is 1.21. The van der Waals surface area contributed by atoms with Crippen LogP contribution in [0.5, 0.6) is 11.5 Å². The fourth-order valence-electron chi connectivity index (χ4n) is 3.49. The molecule has 1 aromatic rings. The molecule has 0 saturated carbocycles. The topological polar surface area (TPSA) is 94.6 Å². The molecular weight excluding hydrogens is 471 g/mol. The van der Waals surface area contributed by atoms with Crippen molar-refractivity contribution in [2.45, 2.75) is 32.1 Å². The minimum atomic E-state index is -0.567. The van der Waals surface area contributed by atoms with E-state index in [1.54, 1.807) is 6.08 Å². The van der Waals surface area contributed by atoms with Crippen molar-refractivity contribution in [2.75, 3.05) is 13.2 Å². The first-order valence-electron chi connectivity index (χ1n) is 9.05. The Morgan fingerprint density at radius 2 is 2.21 bits per heavy atom. The van der Waals surface area contributed by atoms with Crippen LogP contribution in [0.3, 0.4) is 0 Å². The summed E-state index contributed by atoms with van der Waals surface area (Å²) in [5, 5.41) is 9.71. The number of hydrogen-bond acceptors (Lipinski definition) is 6. The smallest absolute Gasteiger partial charge is 0.205 e. The zero-order valence-electron chi connectivity index (χ0n) is 15.6. The Labute approximate surface area is 177 Å². The molecule has 0 fully saturated rings. The molecule has 6 nitrogen and oxygen atoms in total. The number of nitrogens with two attached hydrogens (primary N) is 1. The zero-order valence-corrected chi connectivity index (χ0v) is 17.7. The molecule has 0 bridgehead atoms. The molecule has 1 heterocycles. The Bertz CT molecular complexity index is 927. The molecule has 0 aromatic heterocycles. The number of halogens is 1. The summed E-state index contributed by atoms with van der Waals surface area (Å²) in [7, 11) is 0. The van der Waals surface area contributed by atoms with Gasteiger partial charge in [0.2, 0.25) is 5.88 Å². The lowest BCUT2D eigenvalue weighted by atomic mass is 9.77. The first-order chi connectivity index (χ1) is 13.5. The van der Waals surface area contributed by atoms with Gasteiger partial charge in [0.25, 0.3) is 0 Å². The number of hydrogen-bond donors (Lipinski definition) is 1. The lowest BCUT2D eigenvalue weighted by molar-refractivity contribution is -0.116. The highest BCUT2D eigenvalue weighted by molar-refractivity contribution is 14.1. The van der Waals surface area contributed by atoms with Crippen LogP contribution in [-0.4, -0.2) is 19.0 Å². The summed E-state index contributed by atoms with van der Waals surface area (Å²) < 4.78 is 18.0. The second kappa shape index (κ2) is 8.69. The monoisotopic (exact) mass is 492 g/mol. The third-order valence-corrected chi connectivity index (χ3v) is 5.42. The van der Waals surface area contributed by atoms with Gasteiger partial charge in [-0.05, 0) is 53.6 Å². The fourth-order valence-corrected chi connectivity index (χ4v) is 4.27. The lowest BCUT2D eigenvalue weighted by Crippen LogP contribution is -2.27. The van der Waals surface area contributed by atoms with Crippen molar-refractivity contribution >= 4 is 28.4 Å². The number of carbonyl (C=O) groups is 1. The number of rotatable bonds is 6. The molecule has 1 aliphatic carbocycles. The maximum atomic E-state index is 12.7. The summed E-state index contributed by atoms with van der Waals surface area (Å²) in [6.45, 7) is 6.35. The Balaban J connectivity index is 2.17. The van der Waals surface area contributed by atoms with Crippen molar-refractivity contribution in [1.82, 2.24) is 0 Å². The number of nitrogens with zero attached hydrogens (tertiary/aromatic N) is 1. The molecular formula is C21H21IN2O4. The minimum absolute atomic E-state index is 0.00791.